The summed E-state index contributed by atoms with van der Waals surface area (Å²) in [7, 11) is 0. The van der Waals surface area contributed by atoms with Crippen LogP contribution in [0.1, 0.15) is 18.5 Å². The Labute approximate surface area is 183 Å². The van der Waals surface area contributed by atoms with Crippen molar-refractivity contribution in [3.8, 4) is 0 Å². The predicted octanol–water partition coefficient (Wildman–Crippen LogP) is 5.41. The summed E-state index contributed by atoms with van der Waals surface area (Å²) in [5, 5.41) is 2.53. The van der Waals surface area contributed by atoms with Crippen molar-refractivity contribution in [2.45, 2.75) is 19.0 Å². The second-order valence-electron chi connectivity index (χ2n) is 7.28. The van der Waals surface area contributed by atoms with Crippen molar-refractivity contribution in [1.29, 1.82) is 0 Å². The molecule has 1 aliphatic heterocycles. The Balaban J connectivity index is 1.61. The number of hydrogen-bond acceptors (Lipinski definition) is 4. The standard InChI is InChI=1S/C21H17BrF4N4O/c22-13-7-8-15(14(23)10-13)29-20(31)12-4-3-9-30(11-12)19-18(21(24,25)26)27-16-5-1-2-6-17(16)28-19/h1-2,5-8,10,12H,3-4,9,11H2,(H,29,31)/t12-/m1/s1. The van der Waals surface area contributed by atoms with E-state index in [-0.39, 0.29) is 23.6 Å². The molecule has 2 aromatic carbocycles. The second-order valence-corrected chi connectivity index (χ2v) is 8.20. The van der Waals surface area contributed by atoms with Gasteiger partial charge in [0.15, 0.2) is 11.5 Å². The Morgan fingerprint density at radius 3 is 2.52 bits per heavy atom. The summed E-state index contributed by atoms with van der Waals surface area (Å²) in [5.74, 6) is -1.96. The maximum Gasteiger partial charge on any atom is 0.437 e. The van der Waals surface area contributed by atoms with Crippen LogP contribution in [0.15, 0.2) is 46.9 Å². The molecule has 0 saturated carbocycles. The number of nitrogens with one attached hydrogen (secondary N) is 1. The van der Waals surface area contributed by atoms with Crippen molar-refractivity contribution in [3.63, 3.8) is 0 Å². The zero-order chi connectivity index (χ0) is 22.2. The van der Waals surface area contributed by atoms with Gasteiger partial charge in [-0.2, -0.15) is 13.2 Å². The zero-order valence-corrected chi connectivity index (χ0v) is 17.7. The van der Waals surface area contributed by atoms with E-state index in [0.29, 0.717) is 29.4 Å². The largest absolute Gasteiger partial charge is 0.437 e. The monoisotopic (exact) mass is 496 g/mol. The third-order valence-corrected chi connectivity index (χ3v) is 5.59. The lowest BCUT2D eigenvalue weighted by Gasteiger charge is -2.34. The molecule has 0 unspecified atom stereocenters. The molecule has 1 aliphatic rings. The van der Waals surface area contributed by atoms with Crippen molar-refractivity contribution in [2.75, 3.05) is 23.3 Å². The normalized spacial score (nSPS) is 17.1. The number of carbonyl (C=O) groups excluding carboxylic acids is 1. The Morgan fingerprint density at radius 2 is 1.84 bits per heavy atom. The van der Waals surface area contributed by atoms with E-state index in [2.05, 4.69) is 31.2 Å². The Kier molecular flexibility index (Phi) is 5.83. The third kappa shape index (κ3) is 4.63. The van der Waals surface area contributed by atoms with Gasteiger partial charge < -0.3 is 10.2 Å². The van der Waals surface area contributed by atoms with Crippen LogP contribution in [-0.4, -0.2) is 29.0 Å². The summed E-state index contributed by atoms with van der Waals surface area (Å²) in [5.41, 5.74) is -0.567. The number of alkyl halides is 3. The summed E-state index contributed by atoms with van der Waals surface area (Å²) >= 11 is 3.15. The van der Waals surface area contributed by atoms with Gasteiger partial charge in [-0.05, 0) is 43.2 Å². The Morgan fingerprint density at radius 1 is 1.13 bits per heavy atom. The number of rotatable bonds is 3. The molecule has 1 fully saturated rings. The first-order chi connectivity index (χ1) is 14.7. The molecule has 1 amide bonds. The van der Waals surface area contributed by atoms with Gasteiger partial charge in [-0.25, -0.2) is 14.4 Å². The zero-order valence-electron chi connectivity index (χ0n) is 16.1. The smallest absolute Gasteiger partial charge is 0.354 e. The molecule has 1 aromatic heterocycles. The number of benzene rings is 2. The molecule has 1 N–H and O–H groups in total. The predicted molar refractivity (Wildman–Crippen MR) is 112 cm³/mol. The number of halogens is 5. The fraction of sp³-hybridized carbons (Fsp3) is 0.286. The minimum absolute atomic E-state index is 0.0202. The SMILES string of the molecule is O=C(Nc1ccc(Br)cc1F)[C@@H]1CCCN(c2nc3ccccc3nc2C(F)(F)F)C1. The van der Waals surface area contributed by atoms with Crippen molar-refractivity contribution in [2.24, 2.45) is 5.92 Å². The van der Waals surface area contributed by atoms with E-state index in [1.165, 1.54) is 23.1 Å². The van der Waals surface area contributed by atoms with Gasteiger partial charge in [-0.15, -0.1) is 0 Å². The topological polar surface area (TPSA) is 58.1 Å². The van der Waals surface area contributed by atoms with Crippen LogP contribution >= 0.6 is 15.9 Å². The number of para-hydroxylation sites is 2. The van der Waals surface area contributed by atoms with Crippen molar-refractivity contribution in [3.05, 3.63) is 58.4 Å². The fourth-order valence-corrected chi connectivity index (χ4v) is 3.94. The number of hydrogen-bond donors (Lipinski definition) is 1. The van der Waals surface area contributed by atoms with E-state index in [1.807, 2.05) is 0 Å². The van der Waals surface area contributed by atoms with E-state index < -0.39 is 29.5 Å². The molecule has 3 aromatic rings. The molecule has 1 saturated heterocycles. The summed E-state index contributed by atoms with van der Waals surface area (Å²) in [6, 6.07) is 10.6. The van der Waals surface area contributed by atoms with E-state index in [1.54, 1.807) is 24.3 Å². The molecule has 0 bridgehead atoms. The molecule has 2 heterocycles. The van der Waals surface area contributed by atoms with Crippen LogP contribution in [0.4, 0.5) is 29.1 Å². The number of carbonyl (C=O) groups is 1. The lowest BCUT2D eigenvalue weighted by molar-refractivity contribution is -0.140. The number of nitrogens with zero attached hydrogens (tertiary/aromatic N) is 3. The highest BCUT2D eigenvalue weighted by Crippen LogP contribution is 2.37. The van der Waals surface area contributed by atoms with E-state index >= 15 is 0 Å². The number of fused-ring (bicyclic) bond motifs is 1. The highest BCUT2D eigenvalue weighted by molar-refractivity contribution is 9.10. The summed E-state index contributed by atoms with van der Waals surface area (Å²) in [4.78, 5) is 22.1. The molecule has 0 spiro atoms. The van der Waals surface area contributed by atoms with Gasteiger partial charge in [-0.1, -0.05) is 28.1 Å². The first kappa shape index (κ1) is 21.5. The van der Waals surface area contributed by atoms with Crippen LogP contribution in [-0.2, 0) is 11.0 Å². The summed E-state index contributed by atoms with van der Waals surface area (Å²) in [6.45, 7) is 0.340. The van der Waals surface area contributed by atoms with E-state index in [4.69, 9.17) is 0 Å². The average molecular weight is 497 g/mol. The molecule has 162 valence electrons. The van der Waals surface area contributed by atoms with Crippen LogP contribution in [0, 0.1) is 11.7 Å². The minimum atomic E-state index is -4.69. The average Bonchev–Trinajstić information content (AvgIpc) is 2.74. The van der Waals surface area contributed by atoms with Crippen LogP contribution in [0.25, 0.3) is 11.0 Å². The Hall–Kier alpha value is -2.75. The van der Waals surface area contributed by atoms with Gasteiger partial charge in [-0.3, -0.25) is 4.79 Å². The first-order valence-electron chi connectivity index (χ1n) is 9.57. The van der Waals surface area contributed by atoms with Crippen molar-refractivity contribution < 1.29 is 22.4 Å². The minimum Gasteiger partial charge on any atom is -0.354 e. The van der Waals surface area contributed by atoms with E-state index in [0.717, 1.165) is 0 Å². The van der Waals surface area contributed by atoms with Crippen LogP contribution in [0.3, 0.4) is 0 Å². The van der Waals surface area contributed by atoms with Gasteiger partial charge in [0, 0.05) is 17.6 Å². The van der Waals surface area contributed by atoms with Crippen molar-refractivity contribution >= 4 is 44.4 Å². The maximum atomic E-state index is 14.1. The van der Waals surface area contributed by atoms with Crippen LogP contribution < -0.4 is 10.2 Å². The summed E-state index contributed by atoms with van der Waals surface area (Å²) < 4.78 is 55.7. The number of piperidine rings is 1. The molecule has 10 heteroatoms. The van der Waals surface area contributed by atoms with Gasteiger partial charge in [0.2, 0.25) is 5.91 Å². The van der Waals surface area contributed by atoms with Gasteiger partial charge in [0.05, 0.1) is 22.6 Å². The van der Waals surface area contributed by atoms with Gasteiger partial charge in [0.1, 0.15) is 5.82 Å². The molecule has 0 aliphatic carbocycles. The van der Waals surface area contributed by atoms with Crippen molar-refractivity contribution in [1.82, 2.24) is 9.97 Å². The highest BCUT2D eigenvalue weighted by Gasteiger charge is 2.40. The third-order valence-electron chi connectivity index (χ3n) is 5.10. The summed E-state index contributed by atoms with van der Waals surface area (Å²) in [6.07, 6.45) is -3.72. The lowest BCUT2D eigenvalue weighted by atomic mass is 9.96. The van der Waals surface area contributed by atoms with Gasteiger partial charge in [0.25, 0.3) is 0 Å². The first-order valence-corrected chi connectivity index (χ1v) is 10.4. The molecule has 0 radical (unpaired) electrons. The fourth-order valence-electron chi connectivity index (χ4n) is 3.61. The molecule has 1 atom stereocenters. The molecule has 5 nitrogen and oxygen atoms in total. The van der Waals surface area contributed by atoms with Crippen LogP contribution in [0.2, 0.25) is 0 Å². The number of anilines is 2. The van der Waals surface area contributed by atoms with Crippen LogP contribution in [0.5, 0.6) is 0 Å². The van der Waals surface area contributed by atoms with E-state index in [9.17, 15) is 22.4 Å². The highest BCUT2D eigenvalue weighted by atomic mass is 79.9. The molecular formula is C21H17BrF4N4O. The lowest BCUT2D eigenvalue weighted by Crippen LogP contribution is -2.42. The maximum absolute atomic E-state index is 14.1. The Bertz CT molecular complexity index is 1140. The second kappa shape index (κ2) is 8.41. The number of aromatic nitrogens is 2. The van der Waals surface area contributed by atoms with Gasteiger partial charge >= 0.3 is 6.18 Å². The molecular weight excluding hydrogens is 480 g/mol. The quantitative estimate of drug-likeness (QED) is 0.493. The molecule has 31 heavy (non-hydrogen) atoms. The number of amides is 1. The molecule has 4 rings (SSSR count).